The maximum Gasteiger partial charge on any atom is 0.376 e. The minimum absolute atomic E-state index is 0.0956. The number of nitrogens with zero attached hydrogens (tertiary/aromatic N) is 1. The Bertz CT molecular complexity index is 743. The number of hydrogen-bond donors (Lipinski definition) is 1. The molecule has 0 atom stereocenters. The number of aromatic nitrogens is 1. The fourth-order valence-corrected chi connectivity index (χ4v) is 2.35. The van der Waals surface area contributed by atoms with Crippen molar-refractivity contribution < 1.29 is 22.8 Å². The van der Waals surface area contributed by atoms with E-state index >= 15 is 0 Å². The van der Waals surface area contributed by atoms with Crippen molar-refractivity contribution in [3.8, 4) is 5.75 Å². The van der Waals surface area contributed by atoms with E-state index in [9.17, 15) is 13.2 Å². The van der Waals surface area contributed by atoms with Crippen LogP contribution < -0.4 is 10.2 Å². The Labute approximate surface area is 125 Å². The second-order valence-corrected chi connectivity index (χ2v) is 5.25. The van der Waals surface area contributed by atoms with E-state index in [1.54, 1.807) is 12.1 Å². The van der Waals surface area contributed by atoms with E-state index in [-0.39, 0.29) is 10.7 Å². The summed E-state index contributed by atoms with van der Waals surface area (Å²) in [7, 11) is -1.11. The van der Waals surface area contributed by atoms with Crippen LogP contribution in [0.25, 0.3) is 0 Å². The monoisotopic (exact) mass is 326 g/mol. The molecule has 0 saturated heterocycles. The van der Waals surface area contributed by atoms with Gasteiger partial charge in [0, 0.05) is 10.9 Å². The van der Waals surface area contributed by atoms with Crippen LogP contribution in [0.4, 0.5) is 0 Å². The van der Waals surface area contributed by atoms with E-state index in [0.717, 1.165) is 0 Å². The molecule has 2 rings (SSSR count). The highest BCUT2D eigenvalue weighted by Crippen LogP contribution is 2.11. The molecule has 0 amide bonds. The Morgan fingerprint density at radius 3 is 2.52 bits per heavy atom. The number of benzene rings is 1. The van der Waals surface area contributed by atoms with Crippen LogP contribution in [-0.4, -0.2) is 31.5 Å². The highest BCUT2D eigenvalue weighted by Gasteiger charge is 2.13. The van der Waals surface area contributed by atoms with Crippen molar-refractivity contribution in [1.82, 2.24) is 10.5 Å². The number of methoxy groups -OCH3 is 1. The Morgan fingerprint density at radius 1 is 1.29 bits per heavy atom. The summed E-state index contributed by atoms with van der Waals surface area (Å²) in [5.41, 5.74) is 4.03. The van der Waals surface area contributed by atoms with Crippen LogP contribution >= 0.6 is 11.3 Å². The van der Waals surface area contributed by atoms with Crippen LogP contribution in [-0.2, 0) is 15.1 Å². The molecule has 7 nitrogen and oxygen atoms in total. The zero-order valence-corrected chi connectivity index (χ0v) is 12.4. The van der Waals surface area contributed by atoms with E-state index < -0.39 is 16.3 Å². The molecule has 0 bridgehead atoms. The van der Waals surface area contributed by atoms with Crippen molar-refractivity contribution in [2.24, 2.45) is 0 Å². The van der Waals surface area contributed by atoms with Crippen molar-refractivity contribution in [2.75, 3.05) is 7.11 Å². The van der Waals surface area contributed by atoms with E-state index in [0.29, 0.717) is 11.3 Å². The number of carbonyl (C=O) groups excluding carboxylic acids is 1. The van der Waals surface area contributed by atoms with Gasteiger partial charge in [0.15, 0.2) is 10.7 Å². The number of thiazole rings is 1. The molecule has 1 N–H and O–H groups in total. The van der Waals surface area contributed by atoms with E-state index in [1.807, 2.05) is 0 Å². The first-order valence-corrected chi connectivity index (χ1v) is 7.59. The second-order valence-electron chi connectivity index (χ2n) is 3.66. The predicted octanol–water partition coefficient (Wildman–Crippen LogP) is 0.870. The van der Waals surface area contributed by atoms with Crippen molar-refractivity contribution in [1.29, 1.82) is 0 Å². The highest BCUT2D eigenvalue weighted by molar-refractivity contribution is 7.73. The van der Waals surface area contributed by atoms with Gasteiger partial charge in [-0.3, -0.25) is 0 Å². The highest BCUT2D eigenvalue weighted by atomic mass is 32.2. The molecule has 0 spiro atoms. The SMILES string of the molecule is COc1ccc(C(NOC(=O)c2cscn2)=S(=O)=O)cc1. The molecule has 0 fully saturated rings. The first-order chi connectivity index (χ1) is 10.1. The van der Waals surface area contributed by atoms with Gasteiger partial charge in [-0.15, -0.1) is 16.8 Å². The summed E-state index contributed by atoms with van der Waals surface area (Å²) in [5, 5.41) is 1.49. The van der Waals surface area contributed by atoms with Crippen LogP contribution in [0.2, 0.25) is 0 Å². The maximum absolute atomic E-state index is 11.6. The molecule has 1 aromatic carbocycles. The lowest BCUT2D eigenvalue weighted by molar-refractivity contribution is 0.0385. The number of nitrogens with one attached hydrogen (secondary N) is 1. The number of rotatable bonds is 3. The van der Waals surface area contributed by atoms with Crippen LogP contribution in [0.1, 0.15) is 16.1 Å². The van der Waals surface area contributed by atoms with Crippen LogP contribution in [0.3, 0.4) is 0 Å². The van der Waals surface area contributed by atoms with Gasteiger partial charge in [0.2, 0.25) is 10.3 Å². The fourth-order valence-electron chi connectivity index (χ4n) is 1.39. The van der Waals surface area contributed by atoms with Gasteiger partial charge in [0.25, 0.3) is 0 Å². The molecule has 0 aliphatic heterocycles. The van der Waals surface area contributed by atoms with E-state index in [2.05, 4.69) is 10.5 Å². The summed E-state index contributed by atoms with van der Waals surface area (Å²) in [6.07, 6.45) is 0. The standard InChI is InChI=1S/C12H10N2O5S2/c1-18-9-4-2-8(3-5-9)11(21(16)17)14-19-12(15)10-6-20-7-13-10/h2-7,14H,1H3. The van der Waals surface area contributed by atoms with Gasteiger partial charge in [-0.2, -0.15) is 8.42 Å². The molecule has 0 radical (unpaired) electrons. The summed E-state index contributed by atoms with van der Waals surface area (Å²) >= 11 is 1.23. The molecule has 0 aliphatic carbocycles. The van der Waals surface area contributed by atoms with E-state index in [4.69, 9.17) is 9.57 Å². The topological polar surface area (TPSA) is 94.6 Å². The zero-order chi connectivity index (χ0) is 15.2. The van der Waals surface area contributed by atoms with Gasteiger partial charge in [-0.1, -0.05) is 0 Å². The minimum atomic E-state index is -2.61. The molecule has 9 heteroatoms. The minimum Gasteiger partial charge on any atom is -0.497 e. The third-order valence-corrected chi connectivity index (χ3v) is 3.64. The third kappa shape index (κ3) is 3.88. The average Bonchev–Trinajstić information content (AvgIpc) is 3.02. The summed E-state index contributed by atoms with van der Waals surface area (Å²) in [6.45, 7) is 0. The third-order valence-electron chi connectivity index (χ3n) is 2.40. The van der Waals surface area contributed by atoms with Gasteiger partial charge < -0.3 is 9.57 Å². The number of ether oxygens (including phenoxy) is 1. The summed E-state index contributed by atoms with van der Waals surface area (Å²) in [4.78, 5) is 19.8. The van der Waals surface area contributed by atoms with Crippen molar-refractivity contribution >= 4 is 32.6 Å². The van der Waals surface area contributed by atoms with Crippen molar-refractivity contribution in [3.63, 3.8) is 0 Å². The van der Waals surface area contributed by atoms with E-state index in [1.165, 1.54) is 41.5 Å². The molecule has 1 aromatic heterocycles. The van der Waals surface area contributed by atoms with Gasteiger partial charge in [0.05, 0.1) is 12.6 Å². The van der Waals surface area contributed by atoms with Gasteiger partial charge in [-0.05, 0) is 24.3 Å². The molecule has 0 unspecified atom stereocenters. The molecule has 0 saturated carbocycles. The predicted molar refractivity (Wildman–Crippen MR) is 76.7 cm³/mol. The Hall–Kier alpha value is -2.23. The lowest BCUT2D eigenvalue weighted by atomic mass is 10.2. The molecule has 1 heterocycles. The molecule has 2 aromatic rings. The van der Waals surface area contributed by atoms with Crippen LogP contribution in [0, 0.1) is 0 Å². The first-order valence-electron chi connectivity index (χ1n) is 5.58. The van der Waals surface area contributed by atoms with Crippen molar-refractivity contribution in [3.05, 3.63) is 46.4 Å². The quantitative estimate of drug-likeness (QED) is 0.660. The fraction of sp³-hybridized carbons (Fsp3) is 0.0833. The lowest BCUT2D eigenvalue weighted by Gasteiger charge is -2.06. The summed E-state index contributed by atoms with van der Waals surface area (Å²) < 4.78 is 27.4. The molecular formula is C12H10N2O5S2. The molecule has 21 heavy (non-hydrogen) atoms. The maximum atomic E-state index is 11.6. The Kier molecular flexibility index (Phi) is 5.04. The number of hydrogen-bond acceptors (Lipinski definition) is 7. The molecule has 110 valence electrons. The van der Waals surface area contributed by atoms with Crippen molar-refractivity contribution in [2.45, 2.75) is 0 Å². The largest absolute Gasteiger partial charge is 0.497 e. The van der Waals surface area contributed by atoms with Crippen LogP contribution in [0.5, 0.6) is 5.75 Å². The normalized spacial score (nSPS) is 9.95. The smallest absolute Gasteiger partial charge is 0.376 e. The summed E-state index contributed by atoms with van der Waals surface area (Å²) in [5.74, 6) is -0.193. The molecular weight excluding hydrogens is 316 g/mol. The lowest BCUT2D eigenvalue weighted by Crippen LogP contribution is -2.28. The second kappa shape index (κ2) is 6.97. The van der Waals surface area contributed by atoms with Gasteiger partial charge in [0.1, 0.15) is 5.75 Å². The number of carbonyl (C=O) groups is 1. The van der Waals surface area contributed by atoms with Gasteiger partial charge in [-0.25, -0.2) is 9.78 Å². The first kappa shape index (κ1) is 15.2. The van der Waals surface area contributed by atoms with Gasteiger partial charge >= 0.3 is 5.97 Å². The molecule has 0 aliphatic rings. The Balaban J connectivity index is 2.14. The zero-order valence-electron chi connectivity index (χ0n) is 10.8. The van der Waals surface area contributed by atoms with Crippen LogP contribution in [0.15, 0.2) is 35.2 Å². The Morgan fingerprint density at radius 2 is 2.00 bits per heavy atom. The summed E-state index contributed by atoms with van der Waals surface area (Å²) in [6, 6.07) is 6.22. The average molecular weight is 326 g/mol. The number of hydroxylamine groups is 1.